The lowest BCUT2D eigenvalue weighted by molar-refractivity contribution is -0.112. The second-order valence-corrected chi connectivity index (χ2v) is 7.51. The van der Waals surface area contributed by atoms with Crippen molar-refractivity contribution >= 4 is 40.9 Å². The third kappa shape index (κ3) is 5.85. The number of carbonyl (C=O) groups is 1. The first-order valence-electron chi connectivity index (χ1n) is 9.22. The molecule has 0 spiro atoms. The number of nitrogens with zero attached hydrogens (tertiary/aromatic N) is 1. The van der Waals surface area contributed by atoms with Crippen LogP contribution in [0.3, 0.4) is 0 Å². The molecule has 0 radical (unpaired) electrons. The molecule has 3 rings (SSSR count). The van der Waals surface area contributed by atoms with Gasteiger partial charge < -0.3 is 10.1 Å². The first kappa shape index (κ1) is 22.4. The topological polar surface area (TPSA) is 62.1 Å². The monoisotopic (exact) mass is 454 g/mol. The Labute approximate surface area is 189 Å². The van der Waals surface area contributed by atoms with E-state index < -0.39 is 11.7 Å². The van der Waals surface area contributed by atoms with Gasteiger partial charge in [-0.3, -0.25) is 4.79 Å². The second-order valence-electron chi connectivity index (χ2n) is 6.69. The van der Waals surface area contributed by atoms with Crippen LogP contribution >= 0.6 is 23.2 Å². The predicted octanol–water partition coefficient (Wildman–Crippen LogP) is 6.57. The lowest BCUT2D eigenvalue weighted by atomic mass is 10.1. The van der Waals surface area contributed by atoms with Crippen molar-refractivity contribution in [3.05, 3.63) is 98.8 Å². The van der Waals surface area contributed by atoms with E-state index in [4.69, 9.17) is 27.9 Å². The number of halogens is 3. The number of rotatable bonds is 6. The summed E-state index contributed by atoms with van der Waals surface area (Å²) in [6, 6.07) is 18.4. The van der Waals surface area contributed by atoms with Crippen LogP contribution in [0, 0.1) is 24.1 Å². The van der Waals surface area contributed by atoms with Crippen LogP contribution in [0.1, 0.15) is 16.7 Å². The zero-order valence-electron chi connectivity index (χ0n) is 16.5. The Morgan fingerprint density at radius 3 is 2.39 bits per heavy atom. The number of anilines is 1. The Morgan fingerprint density at radius 1 is 1.13 bits per heavy atom. The lowest BCUT2D eigenvalue weighted by Crippen LogP contribution is -2.14. The van der Waals surface area contributed by atoms with Gasteiger partial charge in [-0.2, -0.15) is 5.26 Å². The molecule has 0 atom stereocenters. The number of hydrogen-bond acceptors (Lipinski definition) is 3. The van der Waals surface area contributed by atoms with Gasteiger partial charge >= 0.3 is 0 Å². The van der Waals surface area contributed by atoms with E-state index in [2.05, 4.69) is 5.32 Å². The molecule has 1 amide bonds. The van der Waals surface area contributed by atoms with Gasteiger partial charge in [0.15, 0.2) is 5.75 Å². The normalized spacial score (nSPS) is 11.0. The number of nitrogens with one attached hydrogen (secondary N) is 1. The van der Waals surface area contributed by atoms with Crippen molar-refractivity contribution in [1.82, 2.24) is 0 Å². The predicted molar refractivity (Wildman–Crippen MR) is 121 cm³/mol. The quantitative estimate of drug-likeness (QED) is 0.338. The molecule has 0 aliphatic rings. The molecule has 31 heavy (non-hydrogen) atoms. The van der Waals surface area contributed by atoms with Gasteiger partial charge in [0, 0.05) is 0 Å². The number of hydrogen-bond donors (Lipinski definition) is 1. The minimum Gasteiger partial charge on any atom is -0.486 e. The molecule has 0 saturated carbocycles. The summed E-state index contributed by atoms with van der Waals surface area (Å²) in [6.45, 7) is 2.28. The minimum absolute atomic E-state index is 0.0235. The first-order chi connectivity index (χ1) is 14.9. The molecule has 0 saturated heterocycles. The average Bonchev–Trinajstić information content (AvgIpc) is 2.74. The van der Waals surface area contributed by atoms with Gasteiger partial charge in [0.1, 0.15) is 24.1 Å². The summed E-state index contributed by atoms with van der Waals surface area (Å²) < 4.78 is 19.5. The number of ether oxygens (including phenoxy) is 1. The van der Waals surface area contributed by atoms with E-state index in [1.165, 1.54) is 36.4 Å². The summed E-state index contributed by atoms with van der Waals surface area (Å²) in [5.74, 6) is -1.05. The molecular weight excluding hydrogens is 438 g/mol. The van der Waals surface area contributed by atoms with Gasteiger partial charge in [-0.1, -0.05) is 65.2 Å². The van der Waals surface area contributed by atoms with Crippen molar-refractivity contribution in [2.75, 3.05) is 5.32 Å². The molecule has 1 N–H and O–H groups in total. The average molecular weight is 455 g/mol. The molecule has 7 heteroatoms. The standard InChI is InChI=1S/C24H17Cl2FN2O2/c1-15-6-8-16(9-7-15)14-31-23-19(25)11-17(12-20(23)26)10-18(13-28)24(30)29-22-5-3-2-4-21(22)27/h2-12H,14H2,1H3,(H,29,30)/b18-10-. The Kier molecular flexibility index (Phi) is 7.30. The first-order valence-corrected chi connectivity index (χ1v) is 9.98. The van der Waals surface area contributed by atoms with Crippen LogP contribution in [0.4, 0.5) is 10.1 Å². The molecule has 0 aliphatic heterocycles. The Bertz CT molecular complexity index is 1160. The van der Waals surface area contributed by atoms with Gasteiger partial charge in [0.2, 0.25) is 0 Å². The number of para-hydroxylation sites is 1. The smallest absolute Gasteiger partial charge is 0.266 e. The highest BCUT2D eigenvalue weighted by Crippen LogP contribution is 2.35. The van der Waals surface area contributed by atoms with Crippen molar-refractivity contribution in [3.8, 4) is 11.8 Å². The highest BCUT2D eigenvalue weighted by atomic mass is 35.5. The van der Waals surface area contributed by atoms with Gasteiger partial charge in [0.25, 0.3) is 5.91 Å². The summed E-state index contributed by atoms with van der Waals surface area (Å²) >= 11 is 12.6. The number of carbonyl (C=O) groups excluding carboxylic acids is 1. The van der Waals surface area contributed by atoms with Crippen LogP contribution in [0.2, 0.25) is 10.0 Å². The number of amides is 1. The summed E-state index contributed by atoms with van der Waals surface area (Å²) in [5.41, 5.74) is 2.27. The number of nitriles is 1. The third-order valence-corrected chi connectivity index (χ3v) is 4.88. The van der Waals surface area contributed by atoms with Crippen LogP contribution in [-0.2, 0) is 11.4 Å². The van der Waals surface area contributed by atoms with E-state index >= 15 is 0 Å². The highest BCUT2D eigenvalue weighted by Gasteiger charge is 2.14. The maximum absolute atomic E-state index is 13.7. The molecule has 0 aromatic heterocycles. The van der Waals surface area contributed by atoms with Gasteiger partial charge in [0.05, 0.1) is 15.7 Å². The zero-order valence-corrected chi connectivity index (χ0v) is 18.0. The molecule has 4 nitrogen and oxygen atoms in total. The SMILES string of the molecule is Cc1ccc(COc2c(Cl)cc(/C=C(/C#N)C(=O)Nc3ccccc3F)cc2Cl)cc1. The van der Waals surface area contributed by atoms with Gasteiger partial charge in [-0.15, -0.1) is 0 Å². The fourth-order valence-electron chi connectivity index (χ4n) is 2.71. The number of aryl methyl sites for hydroxylation is 1. The van der Waals surface area contributed by atoms with Crippen LogP contribution < -0.4 is 10.1 Å². The maximum atomic E-state index is 13.7. The van der Waals surface area contributed by atoms with Crippen molar-refractivity contribution in [3.63, 3.8) is 0 Å². The van der Waals surface area contributed by atoms with Crippen molar-refractivity contribution < 1.29 is 13.9 Å². The van der Waals surface area contributed by atoms with Crippen LogP contribution in [0.15, 0.2) is 66.2 Å². The summed E-state index contributed by atoms with van der Waals surface area (Å²) in [4.78, 5) is 12.4. The molecular formula is C24H17Cl2FN2O2. The van der Waals surface area contributed by atoms with E-state index in [1.54, 1.807) is 12.1 Å². The fourth-order valence-corrected chi connectivity index (χ4v) is 3.32. The van der Waals surface area contributed by atoms with Gasteiger partial charge in [-0.05, 0) is 48.4 Å². The molecule has 0 heterocycles. The van der Waals surface area contributed by atoms with Gasteiger partial charge in [-0.25, -0.2) is 4.39 Å². The molecule has 0 fully saturated rings. The molecule has 0 aliphatic carbocycles. The van der Waals surface area contributed by atoms with Crippen molar-refractivity contribution in [2.45, 2.75) is 13.5 Å². The molecule has 0 bridgehead atoms. The molecule has 0 unspecified atom stereocenters. The molecule has 3 aromatic rings. The van der Waals surface area contributed by atoms with E-state index in [0.29, 0.717) is 11.3 Å². The summed E-state index contributed by atoms with van der Waals surface area (Å²) in [7, 11) is 0. The van der Waals surface area contributed by atoms with E-state index in [-0.39, 0.29) is 27.9 Å². The molecule has 3 aromatic carbocycles. The van der Waals surface area contributed by atoms with Crippen LogP contribution in [-0.4, -0.2) is 5.91 Å². The fraction of sp³-hybridized carbons (Fsp3) is 0.0833. The van der Waals surface area contributed by atoms with Crippen molar-refractivity contribution in [2.24, 2.45) is 0 Å². The van der Waals surface area contributed by atoms with E-state index in [9.17, 15) is 14.4 Å². The zero-order chi connectivity index (χ0) is 22.4. The van der Waals surface area contributed by atoms with E-state index in [1.807, 2.05) is 31.2 Å². The number of benzene rings is 3. The van der Waals surface area contributed by atoms with Crippen LogP contribution in [0.5, 0.6) is 5.75 Å². The minimum atomic E-state index is -0.750. The Hall–Kier alpha value is -3.33. The Morgan fingerprint density at radius 2 is 1.77 bits per heavy atom. The maximum Gasteiger partial charge on any atom is 0.266 e. The van der Waals surface area contributed by atoms with E-state index in [0.717, 1.165) is 11.1 Å². The Balaban J connectivity index is 1.78. The highest BCUT2D eigenvalue weighted by molar-refractivity contribution is 6.37. The third-order valence-electron chi connectivity index (χ3n) is 4.32. The summed E-state index contributed by atoms with van der Waals surface area (Å²) in [6.07, 6.45) is 1.32. The van der Waals surface area contributed by atoms with Crippen molar-refractivity contribution in [1.29, 1.82) is 5.26 Å². The molecule has 156 valence electrons. The second kappa shape index (κ2) is 10.1. The summed E-state index contributed by atoms with van der Waals surface area (Å²) in [5, 5.41) is 12.2. The largest absolute Gasteiger partial charge is 0.486 e. The van der Waals surface area contributed by atoms with Crippen LogP contribution in [0.25, 0.3) is 6.08 Å². The lowest BCUT2D eigenvalue weighted by Gasteiger charge is -2.11.